The normalized spacial score (nSPS) is 10.8. The summed E-state index contributed by atoms with van der Waals surface area (Å²) < 4.78 is 39.0. The van der Waals surface area contributed by atoms with E-state index < -0.39 is 10.0 Å². The van der Waals surface area contributed by atoms with Crippen molar-refractivity contribution in [2.45, 2.75) is 18.7 Å². The maximum Gasteiger partial charge on any atom is 0.263 e. The van der Waals surface area contributed by atoms with Crippen molar-refractivity contribution >= 4 is 67.8 Å². The Morgan fingerprint density at radius 1 is 0.674 bits per heavy atom. The molecule has 0 saturated carbocycles. The van der Waals surface area contributed by atoms with Crippen LogP contribution >= 0.6 is 46.4 Å². The minimum absolute atomic E-state index is 0.0418. The third kappa shape index (κ3) is 9.13. The molecule has 13 heteroatoms. The number of nitrogens with one attached hydrogen (secondary N) is 1. The molecule has 0 atom stereocenters. The zero-order valence-corrected chi connectivity index (χ0v) is 26.5. The molecule has 0 aliphatic carbocycles. The summed E-state index contributed by atoms with van der Waals surface area (Å²) in [5.74, 6) is 2.39. The van der Waals surface area contributed by atoms with Crippen molar-refractivity contribution in [3.8, 4) is 23.0 Å². The van der Waals surface area contributed by atoms with E-state index in [9.17, 15) is 8.42 Å². The Morgan fingerprint density at radius 2 is 1.23 bits per heavy atom. The van der Waals surface area contributed by atoms with Gasteiger partial charge < -0.3 is 15.2 Å². The highest BCUT2D eigenvalue weighted by molar-refractivity contribution is 7.92. The lowest BCUT2D eigenvalue weighted by Gasteiger charge is -2.13. The van der Waals surface area contributed by atoms with Crippen molar-refractivity contribution in [2.75, 3.05) is 10.5 Å². The molecule has 8 nitrogen and oxygen atoms in total. The predicted molar refractivity (Wildman–Crippen MR) is 173 cm³/mol. The Labute approximate surface area is 269 Å². The largest absolute Gasteiger partial charge is 0.455 e. The van der Waals surface area contributed by atoms with Crippen molar-refractivity contribution in [3.63, 3.8) is 0 Å². The summed E-state index contributed by atoms with van der Waals surface area (Å²) in [4.78, 5) is 7.84. The predicted octanol–water partition coefficient (Wildman–Crippen LogP) is 9.36. The van der Waals surface area contributed by atoms with Crippen LogP contribution in [0.1, 0.15) is 11.1 Å². The summed E-state index contributed by atoms with van der Waals surface area (Å²) in [5, 5.41) is 1.40. The monoisotopic (exact) mass is 676 g/mol. The fraction of sp³-hybridized carbons (Fsp3) is 0.0667. The lowest BCUT2D eigenvalue weighted by molar-refractivity contribution is 0.476. The Kier molecular flexibility index (Phi) is 10.6. The molecule has 2 heterocycles. The van der Waals surface area contributed by atoms with Crippen LogP contribution in [0.4, 0.5) is 11.4 Å². The average Bonchev–Trinajstić information content (AvgIpc) is 2.92. The van der Waals surface area contributed by atoms with Crippen molar-refractivity contribution in [1.82, 2.24) is 9.97 Å². The van der Waals surface area contributed by atoms with E-state index in [2.05, 4.69) is 14.7 Å². The Hall–Kier alpha value is -3.73. The first-order valence-electron chi connectivity index (χ1n) is 12.4. The van der Waals surface area contributed by atoms with Gasteiger partial charge in [0, 0.05) is 40.9 Å². The van der Waals surface area contributed by atoms with Crippen LogP contribution in [0.25, 0.3) is 0 Å². The summed E-state index contributed by atoms with van der Waals surface area (Å²) in [7, 11) is -3.86. The second kappa shape index (κ2) is 14.2. The number of pyridine rings is 2. The van der Waals surface area contributed by atoms with Crippen LogP contribution in [0, 0.1) is 13.8 Å². The molecule has 0 spiro atoms. The lowest BCUT2D eigenvalue weighted by atomic mass is 10.2. The van der Waals surface area contributed by atoms with Gasteiger partial charge in [-0.25, -0.2) is 8.42 Å². The van der Waals surface area contributed by atoms with Gasteiger partial charge in [-0.3, -0.25) is 14.7 Å². The van der Waals surface area contributed by atoms with Gasteiger partial charge in [0.15, 0.2) is 0 Å². The van der Waals surface area contributed by atoms with Crippen molar-refractivity contribution < 1.29 is 17.9 Å². The molecule has 0 bridgehead atoms. The van der Waals surface area contributed by atoms with Crippen LogP contribution in [0.5, 0.6) is 23.0 Å². The molecule has 3 N–H and O–H groups in total. The molecule has 5 rings (SSSR count). The molecule has 3 aromatic carbocycles. The van der Waals surface area contributed by atoms with Gasteiger partial charge in [0.2, 0.25) is 0 Å². The Balaban J connectivity index is 0.000000225. The topological polar surface area (TPSA) is 116 Å². The molecule has 222 valence electrons. The van der Waals surface area contributed by atoms with Gasteiger partial charge in [-0.15, -0.1) is 0 Å². The van der Waals surface area contributed by atoms with E-state index in [4.69, 9.17) is 61.6 Å². The van der Waals surface area contributed by atoms with Gasteiger partial charge in [0.1, 0.15) is 27.9 Å². The molecular formula is C30H24Cl4N4O4S. The number of nitrogens with zero attached hydrogens (tertiary/aromatic N) is 2. The number of nitrogens with two attached hydrogens (primary N) is 1. The third-order valence-corrected chi connectivity index (χ3v) is 8.14. The van der Waals surface area contributed by atoms with Crippen molar-refractivity contribution in [1.29, 1.82) is 0 Å². The molecule has 0 aliphatic heterocycles. The number of nitrogen functional groups attached to an aromatic ring is 1. The molecule has 5 aromatic rings. The molecule has 0 unspecified atom stereocenters. The maximum atomic E-state index is 12.6. The number of hydrogen-bond donors (Lipinski definition) is 2. The second-order valence-corrected chi connectivity index (χ2v) is 12.4. The quantitative estimate of drug-likeness (QED) is 0.165. The van der Waals surface area contributed by atoms with E-state index in [0.717, 1.165) is 16.9 Å². The summed E-state index contributed by atoms with van der Waals surface area (Å²) in [6.45, 7) is 3.73. The molecule has 0 aliphatic rings. The number of sulfonamides is 1. The molecule has 0 radical (unpaired) electrons. The minimum Gasteiger partial charge on any atom is -0.455 e. The standard InChI is InChI=1S/C18H13Cl3N2O3S.C12H11ClN2O/c1-11-6-14(3-4-17(11)26-15-7-13(20)9-22-10-15)23-27(24,25)18-5-2-12(19)8-16(18)21;1-8-4-10(14)2-3-12(8)16-11-5-9(13)6-15-7-11/h2-10,23H,1H3;2-7H,14H2,1H3. The first kappa shape index (κ1) is 32.2. The van der Waals surface area contributed by atoms with Gasteiger partial charge in [0.25, 0.3) is 10.0 Å². The van der Waals surface area contributed by atoms with Crippen molar-refractivity contribution in [3.05, 3.63) is 123 Å². The lowest BCUT2D eigenvalue weighted by Crippen LogP contribution is -2.13. The highest BCUT2D eigenvalue weighted by atomic mass is 35.5. The molecule has 0 fully saturated rings. The van der Waals surface area contributed by atoms with E-state index in [1.165, 1.54) is 30.6 Å². The fourth-order valence-electron chi connectivity index (χ4n) is 3.67. The minimum atomic E-state index is -3.86. The van der Waals surface area contributed by atoms with Crippen LogP contribution in [0.15, 0.2) is 96.4 Å². The smallest absolute Gasteiger partial charge is 0.263 e. The highest BCUT2D eigenvalue weighted by Gasteiger charge is 2.19. The average molecular weight is 678 g/mol. The number of halogens is 4. The molecule has 0 saturated heterocycles. The summed E-state index contributed by atoms with van der Waals surface area (Å²) in [6, 6.07) is 17.9. The number of hydrogen-bond acceptors (Lipinski definition) is 7. The van der Waals surface area contributed by atoms with Gasteiger partial charge in [-0.2, -0.15) is 0 Å². The van der Waals surface area contributed by atoms with Crippen LogP contribution in [0.3, 0.4) is 0 Å². The number of ether oxygens (including phenoxy) is 2. The number of benzene rings is 3. The first-order valence-corrected chi connectivity index (χ1v) is 15.4. The van der Waals surface area contributed by atoms with Crippen LogP contribution in [0.2, 0.25) is 20.1 Å². The van der Waals surface area contributed by atoms with Crippen LogP contribution in [-0.4, -0.2) is 18.4 Å². The second-order valence-electron chi connectivity index (χ2n) is 9.07. The van der Waals surface area contributed by atoms with E-state index >= 15 is 0 Å². The van der Waals surface area contributed by atoms with Gasteiger partial charge >= 0.3 is 0 Å². The third-order valence-electron chi connectivity index (χ3n) is 5.62. The summed E-state index contributed by atoms with van der Waals surface area (Å²) in [5.41, 5.74) is 8.44. The van der Waals surface area contributed by atoms with Gasteiger partial charge in [0.05, 0.1) is 27.5 Å². The summed E-state index contributed by atoms with van der Waals surface area (Å²) in [6.07, 6.45) is 6.21. The zero-order chi connectivity index (χ0) is 31.1. The SMILES string of the molecule is Cc1cc(N)ccc1Oc1cncc(Cl)c1.Cc1cc(NS(=O)(=O)c2ccc(Cl)cc2Cl)ccc1Oc1cncc(Cl)c1. The van der Waals surface area contributed by atoms with E-state index in [-0.39, 0.29) is 9.92 Å². The van der Waals surface area contributed by atoms with E-state index in [1.807, 2.05) is 19.1 Å². The molecular weight excluding hydrogens is 654 g/mol. The first-order chi connectivity index (χ1) is 20.4. The molecule has 2 aromatic heterocycles. The Bertz CT molecular complexity index is 1870. The fourth-order valence-corrected chi connectivity index (χ4v) is 5.82. The number of aryl methyl sites for hydroxylation is 2. The van der Waals surface area contributed by atoms with Crippen LogP contribution < -0.4 is 19.9 Å². The molecule has 0 amide bonds. The van der Waals surface area contributed by atoms with Gasteiger partial charge in [-0.1, -0.05) is 46.4 Å². The maximum absolute atomic E-state index is 12.6. The number of rotatable bonds is 7. The number of anilines is 2. The van der Waals surface area contributed by atoms with E-state index in [1.54, 1.807) is 55.7 Å². The van der Waals surface area contributed by atoms with Gasteiger partial charge in [-0.05, 0) is 79.6 Å². The highest BCUT2D eigenvalue weighted by Crippen LogP contribution is 2.31. The summed E-state index contributed by atoms with van der Waals surface area (Å²) >= 11 is 23.5. The zero-order valence-electron chi connectivity index (χ0n) is 22.7. The number of aromatic nitrogens is 2. The van der Waals surface area contributed by atoms with Crippen molar-refractivity contribution in [2.24, 2.45) is 0 Å². The van der Waals surface area contributed by atoms with E-state index in [0.29, 0.717) is 43.7 Å². The van der Waals surface area contributed by atoms with Crippen LogP contribution in [-0.2, 0) is 10.0 Å². The molecule has 43 heavy (non-hydrogen) atoms. The Morgan fingerprint density at radius 3 is 1.74 bits per heavy atom.